The van der Waals surface area contributed by atoms with Gasteiger partial charge in [-0.25, -0.2) is 0 Å². The summed E-state index contributed by atoms with van der Waals surface area (Å²) in [6.45, 7) is 5.51. The number of nitrogens with two attached hydrogens (primary N) is 1. The number of oxime groups is 1. The maximum absolute atomic E-state index is 8.59. The molecule has 98 valence electrons. The molecule has 0 saturated carbocycles. The lowest BCUT2D eigenvalue weighted by Gasteiger charge is -2.39. The van der Waals surface area contributed by atoms with Gasteiger partial charge in [0.2, 0.25) is 0 Å². The quantitative estimate of drug-likeness (QED) is 0.367. The molecule has 2 rings (SSSR count). The molecule has 6 heteroatoms. The molecule has 1 aromatic rings. The molecule has 1 fully saturated rings. The summed E-state index contributed by atoms with van der Waals surface area (Å²) < 4.78 is 0. The topological polar surface area (TPSA) is 74.7 Å². The second-order valence-electron chi connectivity index (χ2n) is 4.40. The van der Waals surface area contributed by atoms with Gasteiger partial charge >= 0.3 is 0 Å². The molecule has 0 amide bonds. The Hall–Kier alpha value is -1.43. The average Bonchev–Trinajstić information content (AvgIpc) is 2.41. The zero-order chi connectivity index (χ0) is 13.1. The van der Waals surface area contributed by atoms with Crippen LogP contribution in [0.5, 0.6) is 0 Å². The molecule has 0 aromatic carbocycles. The second-order valence-corrected chi connectivity index (χ2v) is 5.88. The molecular formula is C12H18N4OS. The van der Waals surface area contributed by atoms with Crippen molar-refractivity contribution in [2.75, 3.05) is 17.2 Å². The number of aromatic nitrogens is 1. The first-order chi connectivity index (χ1) is 8.63. The van der Waals surface area contributed by atoms with Crippen molar-refractivity contribution in [3.8, 4) is 0 Å². The van der Waals surface area contributed by atoms with Crippen LogP contribution < -0.4 is 10.6 Å². The van der Waals surface area contributed by atoms with E-state index in [0.29, 0.717) is 17.0 Å². The molecule has 2 heterocycles. The third-order valence-electron chi connectivity index (χ3n) is 3.33. The number of hydrogen-bond donors (Lipinski definition) is 2. The zero-order valence-corrected chi connectivity index (χ0v) is 11.4. The van der Waals surface area contributed by atoms with Crippen molar-refractivity contribution in [1.29, 1.82) is 0 Å². The van der Waals surface area contributed by atoms with Gasteiger partial charge in [-0.1, -0.05) is 12.1 Å². The molecule has 0 radical (unpaired) electrons. The summed E-state index contributed by atoms with van der Waals surface area (Å²) in [6, 6.07) is 4.24. The first-order valence-electron chi connectivity index (χ1n) is 5.95. The second kappa shape index (κ2) is 5.48. The molecule has 2 unspecified atom stereocenters. The maximum atomic E-state index is 8.59. The van der Waals surface area contributed by atoms with E-state index in [-0.39, 0.29) is 5.84 Å². The van der Waals surface area contributed by atoms with E-state index >= 15 is 0 Å². The van der Waals surface area contributed by atoms with Crippen LogP contribution in [0.4, 0.5) is 5.69 Å². The van der Waals surface area contributed by atoms with Crippen LogP contribution in [0.2, 0.25) is 0 Å². The van der Waals surface area contributed by atoms with E-state index in [1.54, 1.807) is 12.3 Å². The number of anilines is 1. The largest absolute Gasteiger partial charge is 0.409 e. The lowest BCUT2D eigenvalue weighted by molar-refractivity contribution is 0.318. The van der Waals surface area contributed by atoms with E-state index in [2.05, 4.69) is 28.9 Å². The van der Waals surface area contributed by atoms with Gasteiger partial charge in [0.15, 0.2) is 5.84 Å². The first kappa shape index (κ1) is 13.0. The van der Waals surface area contributed by atoms with Gasteiger partial charge in [-0.15, -0.1) is 0 Å². The number of amidine groups is 1. The molecule has 0 spiro atoms. The average molecular weight is 266 g/mol. The van der Waals surface area contributed by atoms with Crippen LogP contribution in [0, 0.1) is 0 Å². The predicted octanol–water partition coefficient (Wildman–Crippen LogP) is 1.51. The monoisotopic (exact) mass is 266 g/mol. The fourth-order valence-corrected chi connectivity index (χ4v) is 3.16. The minimum absolute atomic E-state index is 0.0390. The van der Waals surface area contributed by atoms with Gasteiger partial charge in [-0.2, -0.15) is 11.8 Å². The Balaban J connectivity index is 2.19. The summed E-state index contributed by atoms with van der Waals surface area (Å²) in [6.07, 6.45) is 1.78. The zero-order valence-electron chi connectivity index (χ0n) is 10.6. The van der Waals surface area contributed by atoms with E-state index in [9.17, 15) is 0 Å². The van der Waals surface area contributed by atoms with Gasteiger partial charge in [0.1, 0.15) is 5.69 Å². The van der Waals surface area contributed by atoms with Crippen LogP contribution in [-0.2, 0) is 0 Å². The molecular weight excluding hydrogens is 248 g/mol. The lowest BCUT2D eigenvalue weighted by Crippen LogP contribution is -2.44. The molecule has 5 nitrogen and oxygen atoms in total. The Labute approximate surface area is 111 Å². The van der Waals surface area contributed by atoms with E-state index in [1.807, 2.05) is 17.8 Å². The van der Waals surface area contributed by atoms with Crippen molar-refractivity contribution in [2.45, 2.75) is 25.1 Å². The Morgan fingerprint density at radius 3 is 2.94 bits per heavy atom. The first-order valence-corrected chi connectivity index (χ1v) is 7.00. The highest BCUT2D eigenvalue weighted by Gasteiger charge is 2.25. The standard InChI is InChI=1S/C12H18N4OS/c1-8-9(2)18-6-5-16(8)10-3-4-11(14-7-10)12(13)15-17/h3-4,7-9,17H,5-6H2,1-2H3,(H2,13,15). The van der Waals surface area contributed by atoms with Gasteiger partial charge in [0.05, 0.1) is 11.9 Å². The summed E-state index contributed by atoms with van der Waals surface area (Å²) in [5, 5.41) is 12.1. The Morgan fingerprint density at radius 1 is 1.56 bits per heavy atom. The highest BCUT2D eigenvalue weighted by Crippen LogP contribution is 2.28. The summed E-state index contributed by atoms with van der Waals surface area (Å²) in [5.74, 6) is 1.17. The van der Waals surface area contributed by atoms with Gasteiger partial charge < -0.3 is 15.8 Å². The van der Waals surface area contributed by atoms with Crippen LogP contribution in [0.1, 0.15) is 19.5 Å². The molecule has 0 aliphatic carbocycles. The third-order valence-corrected chi connectivity index (χ3v) is 4.67. The van der Waals surface area contributed by atoms with Crippen molar-refractivity contribution in [2.24, 2.45) is 10.9 Å². The summed E-state index contributed by atoms with van der Waals surface area (Å²) in [7, 11) is 0. The van der Waals surface area contributed by atoms with Gasteiger partial charge in [-0.3, -0.25) is 4.98 Å². The molecule has 0 bridgehead atoms. The summed E-state index contributed by atoms with van der Waals surface area (Å²) in [4.78, 5) is 6.57. The van der Waals surface area contributed by atoms with Crippen LogP contribution >= 0.6 is 11.8 Å². The highest BCUT2D eigenvalue weighted by molar-refractivity contribution is 8.00. The maximum Gasteiger partial charge on any atom is 0.188 e. The third kappa shape index (κ3) is 2.53. The minimum atomic E-state index is 0.0390. The summed E-state index contributed by atoms with van der Waals surface area (Å²) >= 11 is 2.00. The minimum Gasteiger partial charge on any atom is -0.409 e. The van der Waals surface area contributed by atoms with Crippen LogP contribution in [0.25, 0.3) is 0 Å². The fourth-order valence-electron chi connectivity index (χ4n) is 2.06. The predicted molar refractivity (Wildman–Crippen MR) is 75.5 cm³/mol. The van der Waals surface area contributed by atoms with Crippen molar-refractivity contribution >= 4 is 23.3 Å². The van der Waals surface area contributed by atoms with Crippen LogP contribution in [0.15, 0.2) is 23.5 Å². The van der Waals surface area contributed by atoms with E-state index in [0.717, 1.165) is 18.0 Å². The van der Waals surface area contributed by atoms with E-state index in [4.69, 9.17) is 10.9 Å². The molecule has 1 aliphatic rings. The molecule has 1 aliphatic heterocycles. The number of rotatable bonds is 2. The van der Waals surface area contributed by atoms with Crippen LogP contribution in [0.3, 0.4) is 0 Å². The Morgan fingerprint density at radius 2 is 2.33 bits per heavy atom. The number of thioether (sulfide) groups is 1. The van der Waals surface area contributed by atoms with Crippen molar-refractivity contribution in [3.63, 3.8) is 0 Å². The Kier molecular flexibility index (Phi) is 3.96. The molecule has 2 atom stereocenters. The van der Waals surface area contributed by atoms with Gasteiger partial charge in [0, 0.05) is 23.6 Å². The molecule has 3 N–H and O–H groups in total. The fraction of sp³-hybridized carbons (Fsp3) is 0.500. The normalized spacial score (nSPS) is 25.2. The van der Waals surface area contributed by atoms with Crippen molar-refractivity contribution in [3.05, 3.63) is 24.0 Å². The van der Waals surface area contributed by atoms with Gasteiger partial charge in [-0.05, 0) is 19.1 Å². The van der Waals surface area contributed by atoms with E-state index in [1.165, 1.54) is 0 Å². The number of nitrogens with zero attached hydrogens (tertiary/aromatic N) is 3. The summed E-state index contributed by atoms with van der Waals surface area (Å²) in [5.41, 5.74) is 7.07. The van der Waals surface area contributed by atoms with Crippen molar-refractivity contribution < 1.29 is 5.21 Å². The molecule has 1 saturated heterocycles. The van der Waals surface area contributed by atoms with E-state index < -0.39 is 0 Å². The molecule has 18 heavy (non-hydrogen) atoms. The molecule has 1 aromatic heterocycles. The van der Waals surface area contributed by atoms with Crippen molar-refractivity contribution in [1.82, 2.24) is 4.98 Å². The smallest absolute Gasteiger partial charge is 0.188 e. The lowest BCUT2D eigenvalue weighted by atomic mass is 10.2. The number of pyridine rings is 1. The SMILES string of the molecule is CC1SCCN(c2ccc(/C(N)=N/O)nc2)C1C. The van der Waals surface area contributed by atoms with Crippen LogP contribution in [-0.4, -0.2) is 39.6 Å². The number of hydrogen-bond acceptors (Lipinski definition) is 5. The Bertz CT molecular complexity index is 434. The highest BCUT2D eigenvalue weighted by atomic mass is 32.2. The van der Waals surface area contributed by atoms with Gasteiger partial charge in [0.25, 0.3) is 0 Å².